The van der Waals surface area contributed by atoms with Crippen LogP contribution >= 0.6 is 0 Å². The maximum atomic E-state index is 13.6. The molecule has 1 saturated heterocycles. The second-order valence-electron chi connectivity index (χ2n) is 15.6. The molecule has 0 radical (unpaired) electrons. The number of nitrogens with one attached hydrogen (secondary N) is 1. The topological polar surface area (TPSA) is 177 Å². The molecule has 1 saturated carbocycles. The number of fused-ring (bicyclic) bond motifs is 3. The smallest absolute Gasteiger partial charge is 0.375 e. The van der Waals surface area contributed by atoms with E-state index in [1.165, 1.54) is 0 Å². The Morgan fingerprint density at radius 2 is 1.89 bits per heavy atom. The number of aliphatic hydroxyl groups excluding tert-OH is 2. The summed E-state index contributed by atoms with van der Waals surface area (Å²) in [6.07, 6.45) is 5.47. The van der Waals surface area contributed by atoms with Gasteiger partial charge < -0.3 is 48.9 Å². The maximum absolute atomic E-state index is 13.6. The number of H-pyrrole nitrogens is 1. The van der Waals surface area contributed by atoms with Crippen molar-refractivity contribution < 1.29 is 53.4 Å². The van der Waals surface area contributed by atoms with E-state index in [2.05, 4.69) is 9.88 Å². The maximum Gasteiger partial charge on any atom is 0.375 e. The highest BCUT2D eigenvalue weighted by atomic mass is 16.6. The number of carbonyl (C=O) groups is 3. The Morgan fingerprint density at radius 3 is 2.61 bits per heavy atom. The van der Waals surface area contributed by atoms with Gasteiger partial charge in [-0.15, -0.1) is 0 Å². The molecule has 1 aliphatic carbocycles. The number of carbonyl (C=O) groups excluding carboxylic acids is 3. The zero-order valence-corrected chi connectivity index (χ0v) is 33.1. The third-order valence-electron chi connectivity index (χ3n) is 12.2. The van der Waals surface area contributed by atoms with Crippen LogP contribution in [0.2, 0.25) is 0 Å². The molecule has 0 amide bonds. The highest BCUT2D eigenvalue weighted by Crippen LogP contribution is 2.57. The number of aromatic amines is 1. The second-order valence-corrected chi connectivity index (χ2v) is 15.6. The highest BCUT2D eigenvalue weighted by molar-refractivity contribution is 6.11. The monoisotopic (exact) mass is 786 g/mol. The van der Waals surface area contributed by atoms with Crippen LogP contribution in [0.1, 0.15) is 87.0 Å². The molecule has 4 aliphatic rings. The molecule has 0 spiro atoms. The summed E-state index contributed by atoms with van der Waals surface area (Å²) >= 11 is 0. The number of benzene rings is 2. The van der Waals surface area contributed by atoms with Crippen molar-refractivity contribution in [2.45, 2.75) is 89.4 Å². The first-order valence-electron chi connectivity index (χ1n) is 20.2. The number of methoxy groups -OCH3 is 1. The molecular formula is C44H54N2O11. The minimum atomic E-state index is -1.27. The van der Waals surface area contributed by atoms with E-state index in [-0.39, 0.29) is 79.2 Å². The molecule has 3 aliphatic heterocycles. The van der Waals surface area contributed by atoms with Crippen molar-refractivity contribution in [1.82, 2.24) is 9.88 Å². The molecule has 13 heteroatoms. The van der Waals surface area contributed by atoms with Gasteiger partial charge in [0.2, 0.25) is 5.76 Å². The van der Waals surface area contributed by atoms with Gasteiger partial charge in [-0.3, -0.25) is 9.59 Å². The zero-order chi connectivity index (χ0) is 40.3. The molecule has 0 bridgehead atoms. The largest absolute Gasteiger partial charge is 0.492 e. The number of ether oxygens (including phenoxy) is 5. The molecule has 57 heavy (non-hydrogen) atoms. The zero-order valence-electron chi connectivity index (χ0n) is 33.1. The predicted octanol–water partition coefficient (Wildman–Crippen LogP) is 4.92. The van der Waals surface area contributed by atoms with Gasteiger partial charge in [-0.05, 0) is 94.1 Å². The van der Waals surface area contributed by atoms with E-state index in [1.54, 1.807) is 21.0 Å². The quantitative estimate of drug-likeness (QED) is 0.0931. The van der Waals surface area contributed by atoms with Crippen LogP contribution in [0.3, 0.4) is 0 Å². The van der Waals surface area contributed by atoms with Gasteiger partial charge >= 0.3 is 5.97 Å². The molecule has 2 aromatic carbocycles. The summed E-state index contributed by atoms with van der Waals surface area (Å²) < 4.78 is 30.1. The first kappa shape index (κ1) is 40.7. The Labute approximate surface area is 332 Å². The first-order valence-corrected chi connectivity index (χ1v) is 20.2. The first-order chi connectivity index (χ1) is 27.6. The van der Waals surface area contributed by atoms with E-state index >= 15 is 0 Å². The molecule has 2 fully saturated rings. The number of hydrogen-bond acceptors (Lipinski definition) is 12. The standard InChI is InChI=1S/C44H54N2O11/c1-4-54-43(51)42-32(24-48)37(28-8-10-35(50)30(22-28)26-7-9-34-27(21-26)11-14-45-34)38-40(55-20-6-18-47)31-23-36(56-39(31)33(25-49)41(38)57-42)44(2,52)29-12-16-46(17-13-29)15-5-19-53-3/h7,9,11,14,21,24,29-30,36,45,47,49,52H,4-6,8,10,12-13,15-20,22-23,25H2,1-3H3/b37-28-/t30-,36-,44+/m0/s1. The summed E-state index contributed by atoms with van der Waals surface area (Å²) in [5, 5.41) is 34.1. The number of allylic oxidation sites excluding steroid dienone is 3. The lowest BCUT2D eigenvalue weighted by Gasteiger charge is -2.42. The summed E-state index contributed by atoms with van der Waals surface area (Å²) in [6, 6.07) is 7.82. The Kier molecular flexibility index (Phi) is 12.5. The van der Waals surface area contributed by atoms with Crippen molar-refractivity contribution in [2.24, 2.45) is 5.92 Å². The van der Waals surface area contributed by atoms with E-state index in [1.807, 2.05) is 30.5 Å². The molecule has 4 heterocycles. The summed E-state index contributed by atoms with van der Waals surface area (Å²) in [4.78, 5) is 46.1. The number of nitrogens with zero attached hydrogens (tertiary/aromatic N) is 1. The summed E-state index contributed by atoms with van der Waals surface area (Å²) in [5.41, 5.74) is 2.81. The van der Waals surface area contributed by atoms with Gasteiger partial charge in [0.1, 0.15) is 34.7 Å². The molecule has 1 aromatic heterocycles. The Morgan fingerprint density at radius 1 is 1.09 bits per heavy atom. The van der Waals surface area contributed by atoms with Crippen LogP contribution in [0.4, 0.5) is 0 Å². The van der Waals surface area contributed by atoms with Crippen molar-refractivity contribution in [3.05, 3.63) is 69.6 Å². The summed E-state index contributed by atoms with van der Waals surface area (Å²) in [6.45, 7) is 6.17. The average Bonchev–Trinajstić information content (AvgIpc) is 3.89. The third-order valence-corrected chi connectivity index (χ3v) is 12.2. The summed E-state index contributed by atoms with van der Waals surface area (Å²) in [5.74, 6) is -1.03. The van der Waals surface area contributed by atoms with Gasteiger partial charge in [0.15, 0.2) is 6.29 Å². The highest BCUT2D eigenvalue weighted by Gasteiger charge is 2.49. The molecule has 4 N–H and O–H groups in total. The molecule has 306 valence electrons. The average molecular weight is 787 g/mol. The lowest BCUT2D eigenvalue weighted by Crippen LogP contribution is -2.52. The van der Waals surface area contributed by atoms with Crippen LogP contribution in [0.5, 0.6) is 17.2 Å². The normalized spacial score (nSPS) is 22.5. The van der Waals surface area contributed by atoms with E-state index in [9.17, 15) is 29.7 Å². The SMILES string of the molecule is CCOC(=O)C1=C(C=O)/C(=C2\CCC(=O)[C@H](c3ccc4[nH]ccc4c3)C2)c2c(OCCCO)c3c(c(CO)c2O1)O[C@H]([C@](C)(O)C1CCN(CCCOC)CC1)C3. The van der Waals surface area contributed by atoms with Crippen LogP contribution in [-0.4, -0.2) is 108 Å². The van der Waals surface area contributed by atoms with Crippen LogP contribution in [0.25, 0.3) is 16.5 Å². The number of rotatable bonds is 15. The number of aromatic nitrogens is 1. The number of esters is 1. The van der Waals surface area contributed by atoms with Crippen LogP contribution in [-0.2, 0) is 36.9 Å². The predicted molar refractivity (Wildman–Crippen MR) is 211 cm³/mol. The number of piperidine rings is 1. The minimum Gasteiger partial charge on any atom is -0.492 e. The van der Waals surface area contributed by atoms with Crippen LogP contribution in [0, 0.1) is 5.92 Å². The number of Topliss-reactive ketones (excluding diaryl/α,β-unsaturated/α-hetero) is 1. The molecule has 13 nitrogen and oxygen atoms in total. The van der Waals surface area contributed by atoms with Gasteiger partial charge in [-0.25, -0.2) is 4.79 Å². The van der Waals surface area contributed by atoms with Crippen molar-refractivity contribution >= 4 is 34.5 Å². The van der Waals surface area contributed by atoms with Gasteiger partial charge in [-0.1, -0.05) is 11.6 Å². The van der Waals surface area contributed by atoms with E-state index in [0.717, 1.165) is 60.9 Å². The van der Waals surface area contributed by atoms with E-state index in [0.29, 0.717) is 48.2 Å². The number of hydrogen-bond donors (Lipinski definition) is 4. The number of ketones is 1. The van der Waals surface area contributed by atoms with Gasteiger partial charge in [0.25, 0.3) is 0 Å². The number of aliphatic hydroxyl groups is 3. The van der Waals surface area contributed by atoms with Gasteiger partial charge in [0.05, 0.1) is 36.5 Å². The fourth-order valence-corrected chi connectivity index (χ4v) is 9.10. The van der Waals surface area contributed by atoms with Crippen molar-refractivity contribution in [1.29, 1.82) is 0 Å². The molecule has 3 atom stereocenters. The second kappa shape index (κ2) is 17.5. The molecule has 3 aromatic rings. The van der Waals surface area contributed by atoms with Gasteiger partial charge in [0, 0.05) is 74.9 Å². The van der Waals surface area contributed by atoms with E-state index in [4.69, 9.17) is 23.7 Å². The summed E-state index contributed by atoms with van der Waals surface area (Å²) in [7, 11) is 1.70. The van der Waals surface area contributed by atoms with Crippen LogP contribution < -0.4 is 14.2 Å². The molecular weight excluding hydrogens is 732 g/mol. The van der Waals surface area contributed by atoms with Crippen molar-refractivity contribution in [3.63, 3.8) is 0 Å². The van der Waals surface area contributed by atoms with Crippen LogP contribution in [0.15, 0.2) is 47.4 Å². The molecule has 0 unspecified atom stereocenters. The Balaban J connectivity index is 1.34. The van der Waals surface area contributed by atoms with E-state index < -0.39 is 30.2 Å². The Hall–Kier alpha value is -4.53. The number of aldehydes is 1. The lowest BCUT2D eigenvalue weighted by atomic mass is 9.75. The van der Waals surface area contributed by atoms with Crippen molar-refractivity contribution in [3.8, 4) is 17.2 Å². The fourth-order valence-electron chi connectivity index (χ4n) is 9.10. The van der Waals surface area contributed by atoms with Crippen molar-refractivity contribution in [2.75, 3.05) is 53.2 Å². The number of likely N-dealkylation sites (tertiary alicyclic amines) is 1. The minimum absolute atomic E-state index is 0.0212. The fraction of sp³-hybridized carbons (Fsp3) is 0.523. The molecule has 7 rings (SSSR count). The third kappa shape index (κ3) is 7.88. The van der Waals surface area contributed by atoms with Gasteiger partial charge in [-0.2, -0.15) is 0 Å². The Bertz CT molecular complexity index is 2060. The lowest BCUT2D eigenvalue weighted by molar-refractivity contribution is -0.141.